The fourth-order valence-electron chi connectivity index (χ4n) is 5.07. The minimum absolute atomic E-state index is 0.0534. The third kappa shape index (κ3) is 23.6. The number of ether oxygens (including phenoxy) is 4. The van der Waals surface area contributed by atoms with Crippen LogP contribution in [-0.4, -0.2) is 118 Å². The van der Waals surface area contributed by atoms with Crippen LogP contribution in [0, 0.1) is 0 Å². The number of carbonyl (C=O) groups excluding carboxylic acids is 5. The molecular formula is C40H71N7O9. The van der Waals surface area contributed by atoms with Gasteiger partial charge in [-0.3, -0.25) is 4.79 Å². The van der Waals surface area contributed by atoms with Crippen molar-refractivity contribution in [1.82, 2.24) is 25.0 Å². The Morgan fingerprint density at radius 2 is 0.964 bits per heavy atom. The number of nitrogens with zero attached hydrogens (tertiary/aromatic N) is 4. The molecule has 0 aliphatic rings. The molecule has 0 atom stereocenters. The summed E-state index contributed by atoms with van der Waals surface area (Å²) >= 11 is 0. The van der Waals surface area contributed by atoms with E-state index in [9.17, 15) is 24.0 Å². The minimum Gasteiger partial charge on any atom is -0.444 e. The predicted molar refractivity (Wildman–Crippen MR) is 216 cm³/mol. The van der Waals surface area contributed by atoms with Crippen LogP contribution in [0.15, 0.2) is 18.3 Å². The van der Waals surface area contributed by atoms with Crippen LogP contribution in [0.3, 0.4) is 0 Å². The van der Waals surface area contributed by atoms with E-state index >= 15 is 0 Å². The van der Waals surface area contributed by atoms with Gasteiger partial charge in [-0.15, -0.1) is 0 Å². The normalized spacial score (nSPS) is 11.9. The van der Waals surface area contributed by atoms with Gasteiger partial charge in [0.15, 0.2) is 5.78 Å². The highest BCUT2D eigenvalue weighted by Gasteiger charge is 2.26. The van der Waals surface area contributed by atoms with E-state index in [0.717, 1.165) is 0 Å². The standard InChI is InChI=1S/C40H71N7O9/c1-37(2,3)53-33(49)42-22-17-26-45(34(50)54-38(4,5)6)24-15-16-25-47(36(52)56-40(10,11)12)28-18-27-46(35(51)55-39(7,8)9)23-14-13-19-31(48)30-20-21-32(44-41)43-29-30/h20-21,29H,13-19,22-28,41H2,1-12H3,(H,42,49)(H,43,44). The number of hydrogen-bond acceptors (Lipinski definition) is 12. The summed E-state index contributed by atoms with van der Waals surface area (Å²) in [5, 5.41) is 2.72. The van der Waals surface area contributed by atoms with E-state index in [0.29, 0.717) is 102 Å². The van der Waals surface area contributed by atoms with Gasteiger partial charge in [-0.05, 0) is 134 Å². The van der Waals surface area contributed by atoms with E-state index < -0.39 is 46.8 Å². The number of nitrogens with one attached hydrogen (secondary N) is 2. The van der Waals surface area contributed by atoms with Crippen LogP contribution in [0.25, 0.3) is 0 Å². The van der Waals surface area contributed by atoms with E-state index in [-0.39, 0.29) is 5.78 Å². The van der Waals surface area contributed by atoms with Crippen LogP contribution in [-0.2, 0) is 18.9 Å². The minimum atomic E-state index is -0.713. The number of rotatable bonds is 20. The third-order valence-electron chi connectivity index (χ3n) is 7.51. The van der Waals surface area contributed by atoms with Gasteiger partial charge < -0.3 is 44.4 Å². The zero-order valence-corrected chi connectivity index (χ0v) is 36.2. The second kappa shape index (κ2) is 23.0. The Labute approximate surface area is 334 Å². The number of nitrogen functional groups attached to an aromatic ring is 1. The van der Waals surface area contributed by atoms with Crippen LogP contribution >= 0.6 is 0 Å². The monoisotopic (exact) mass is 794 g/mol. The molecule has 0 spiro atoms. The smallest absolute Gasteiger partial charge is 0.410 e. The molecule has 320 valence electrons. The van der Waals surface area contributed by atoms with Crippen LogP contribution < -0.4 is 16.6 Å². The molecule has 0 aliphatic heterocycles. The molecule has 16 nitrogen and oxygen atoms in total. The quantitative estimate of drug-likeness (QED) is 0.0387. The highest BCUT2D eigenvalue weighted by molar-refractivity contribution is 5.95. The number of pyridine rings is 1. The average molecular weight is 794 g/mol. The summed E-state index contributed by atoms with van der Waals surface area (Å²) in [6, 6.07) is 3.30. The number of ketones is 1. The molecule has 1 aromatic heterocycles. The average Bonchev–Trinajstić information content (AvgIpc) is 3.04. The Balaban J connectivity index is 2.88. The SMILES string of the molecule is CC(C)(C)OC(=O)NCCCN(CCCCN(CCCN(CCCCC(=O)c1ccc(NN)nc1)C(=O)OC(C)(C)C)C(=O)OC(C)(C)C)C(=O)OC(C)(C)C. The molecule has 16 heteroatoms. The first-order chi connectivity index (χ1) is 25.8. The van der Waals surface area contributed by atoms with Gasteiger partial charge in [-0.1, -0.05) is 0 Å². The van der Waals surface area contributed by atoms with Gasteiger partial charge in [0.25, 0.3) is 0 Å². The number of anilines is 1. The number of carbonyl (C=O) groups is 5. The number of amides is 4. The first-order valence-electron chi connectivity index (χ1n) is 19.6. The molecule has 0 radical (unpaired) electrons. The van der Waals surface area contributed by atoms with Crippen LogP contribution in [0.1, 0.15) is 138 Å². The second-order valence-electron chi connectivity index (χ2n) is 17.7. The molecule has 56 heavy (non-hydrogen) atoms. The molecular weight excluding hydrogens is 722 g/mol. The molecule has 0 bridgehead atoms. The summed E-state index contributed by atoms with van der Waals surface area (Å²) in [5.41, 5.74) is 0.208. The number of hydrazine groups is 1. The fourth-order valence-corrected chi connectivity index (χ4v) is 5.07. The summed E-state index contributed by atoms with van der Waals surface area (Å²) in [6.07, 6.45) is 3.07. The Morgan fingerprint density at radius 3 is 1.34 bits per heavy atom. The van der Waals surface area contributed by atoms with Crippen molar-refractivity contribution in [2.45, 2.75) is 150 Å². The van der Waals surface area contributed by atoms with Crippen LogP contribution in [0.4, 0.5) is 25.0 Å². The van der Waals surface area contributed by atoms with Crippen molar-refractivity contribution in [2.75, 3.05) is 51.2 Å². The Bertz CT molecular complexity index is 1380. The molecule has 0 aliphatic carbocycles. The number of aromatic nitrogens is 1. The number of Topliss-reactive ketones (excluding diaryl/α,β-unsaturated/α-hetero) is 1. The van der Waals surface area contributed by atoms with Crippen LogP contribution in [0.5, 0.6) is 0 Å². The van der Waals surface area contributed by atoms with Crippen LogP contribution in [0.2, 0.25) is 0 Å². The summed E-state index contributed by atoms with van der Waals surface area (Å²) in [4.78, 5) is 73.3. The molecule has 0 saturated heterocycles. The molecule has 0 unspecified atom stereocenters. The topological polar surface area (TPSA) is 195 Å². The van der Waals surface area contributed by atoms with Gasteiger partial charge in [0, 0.05) is 64.0 Å². The van der Waals surface area contributed by atoms with E-state index in [4.69, 9.17) is 24.8 Å². The predicted octanol–water partition coefficient (Wildman–Crippen LogP) is 7.52. The molecule has 1 aromatic rings. The molecule has 1 rings (SSSR count). The zero-order chi connectivity index (χ0) is 42.7. The Morgan fingerprint density at radius 1 is 0.571 bits per heavy atom. The lowest BCUT2D eigenvalue weighted by Gasteiger charge is -2.30. The van der Waals surface area contributed by atoms with Crippen molar-refractivity contribution in [3.63, 3.8) is 0 Å². The number of alkyl carbamates (subject to hydrolysis) is 1. The maximum absolute atomic E-state index is 13.3. The van der Waals surface area contributed by atoms with E-state index in [1.165, 1.54) is 6.20 Å². The van der Waals surface area contributed by atoms with Gasteiger partial charge in [0.1, 0.15) is 28.2 Å². The van der Waals surface area contributed by atoms with Crippen molar-refractivity contribution in [2.24, 2.45) is 5.84 Å². The first kappa shape index (κ1) is 49.7. The molecule has 0 aromatic carbocycles. The maximum Gasteiger partial charge on any atom is 0.410 e. The van der Waals surface area contributed by atoms with Crippen molar-refractivity contribution in [3.05, 3.63) is 23.9 Å². The highest BCUT2D eigenvalue weighted by atomic mass is 16.6. The van der Waals surface area contributed by atoms with Gasteiger partial charge >= 0.3 is 24.4 Å². The van der Waals surface area contributed by atoms with Crippen molar-refractivity contribution in [3.8, 4) is 0 Å². The summed E-state index contributed by atoms with van der Waals surface area (Å²) < 4.78 is 22.3. The fraction of sp³-hybridized carbons (Fsp3) is 0.750. The second-order valence-corrected chi connectivity index (χ2v) is 17.7. The molecule has 4 N–H and O–H groups in total. The number of hydrogen-bond donors (Lipinski definition) is 3. The van der Waals surface area contributed by atoms with Crippen molar-refractivity contribution >= 4 is 36.0 Å². The third-order valence-corrected chi connectivity index (χ3v) is 7.51. The molecule has 0 fully saturated rings. The van der Waals surface area contributed by atoms with E-state index in [1.54, 1.807) is 110 Å². The zero-order valence-electron chi connectivity index (χ0n) is 36.2. The summed E-state index contributed by atoms with van der Waals surface area (Å²) in [5.74, 6) is 5.77. The van der Waals surface area contributed by atoms with Gasteiger partial charge in [-0.25, -0.2) is 30.0 Å². The molecule has 0 saturated carbocycles. The number of unbranched alkanes of at least 4 members (excludes halogenated alkanes) is 2. The molecule has 1 heterocycles. The first-order valence-corrected chi connectivity index (χ1v) is 19.6. The van der Waals surface area contributed by atoms with Crippen molar-refractivity contribution < 1.29 is 42.9 Å². The van der Waals surface area contributed by atoms with Gasteiger partial charge in [0.05, 0.1) is 0 Å². The van der Waals surface area contributed by atoms with Gasteiger partial charge in [-0.2, -0.15) is 0 Å². The largest absolute Gasteiger partial charge is 0.444 e. The lowest BCUT2D eigenvalue weighted by Crippen LogP contribution is -2.42. The highest BCUT2D eigenvalue weighted by Crippen LogP contribution is 2.16. The Hall–Kier alpha value is -4.34. The summed E-state index contributed by atoms with van der Waals surface area (Å²) in [7, 11) is 0. The lowest BCUT2D eigenvalue weighted by atomic mass is 10.1. The van der Waals surface area contributed by atoms with E-state index in [1.807, 2.05) is 0 Å². The number of nitrogens with two attached hydrogens (primary N) is 1. The molecule has 4 amide bonds. The van der Waals surface area contributed by atoms with E-state index in [2.05, 4.69) is 15.7 Å². The summed E-state index contributed by atoms with van der Waals surface area (Å²) in [6.45, 7) is 24.0. The lowest BCUT2D eigenvalue weighted by molar-refractivity contribution is 0.0180. The Kier molecular flexibility index (Phi) is 20.4. The van der Waals surface area contributed by atoms with Crippen molar-refractivity contribution in [1.29, 1.82) is 0 Å². The maximum atomic E-state index is 13.3. The van der Waals surface area contributed by atoms with Gasteiger partial charge in [0.2, 0.25) is 0 Å².